The number of rotatable bonds is 4. The van der Waals surface area contributed by atoms with E-state index in [1.807, 2.05) is 12.1 Å². The van der Waals surface area contributed by atoms with E-state index in [0.717, 1.165) is 11.5 Å². The van der Waals surface area contributed by atoms with Crippen LogP contribution in [0.25, 0.3) is 0 Å². The molecule has 2 unspecified atom stereocenters. The highest BCUT2D eigenvalue weighted by molar-refractivity contribution is 5.45. The first-order valence-corrected chi connectivity index (χ1v) is 5.56. The average molecular weight is 222 g/mol. The highest BCUT2D eigenvalue weighted by atomic mass is 16.7. The largest absolute Gasteiger partial charge is 0.454 e. The molecule has 1 aromatic carbocycles. The molecule has 0 bridgehead atoms. The number of fused-ring (bicyclic) bond motifs is 1. The van der Waals surface area contributed by atoms with Gasteiger partial charge in [-0.2, -0.15) is 0 Å². The number of nitrogens with one attached hydrogen (secondary N) is 1. The van der Waals surface area contributed by atoms with Gasteiger partial charge in [-0.15, -0.1) is 0 Å². The van der Waals surface area contributed by atoms with E-state index in [1.54, 1.807) is 0 Å². The van der Waals surface area contributed by atoms with Crippen LogP contribution >= 0.6 is 0 Å². The Kier molecular flexibility index (Phi) is 3.31. The maximum Gasteiger partial charge on any atom is 0.231 e. The van der Waals surface area contributed by atoms with Gasteiger partial charge in [0.15, 0.2) is 11.5 Å². The Balaban J connectivity index is 2.09. The van der Waals surface area contributed by atoms with Crippen LogP contribution in [0.4, 0.5) is 0 Å². The lowest BCUT2D eigenvalue weighted by molar-refractivity contribution is 0.174. The molecule has 4 nitrogen and oxygen atoms in total. The Morgan fingerprint density at radius 2 is 2.06 bits per heavy atom. The van der Waals surface area contributed by atoms with Gasteiger partial charge in [0.25, 0.3) is 0 Å². The number of ether oxygens (including phenoxy) is 2. The molecule has 0 aliphatic carbocycles. The van der Waals surface area contributed by atoms with Crippen molar-refractivity contribution in [1.29, 1.82) is 0 Å². The molecule has 1 heterocycles. The molecule has 0 spiro atoms. The molecule has 0 aromatic heterocycles. The normalized spacial score (nSPS) is 17.2. The van der Waals surface area contributed by atoms with Crippen molar-refractivity contribution in [2.75, 3.05) is 13.3 Å². The molecule has 1 aromatic rings. The molecule has 2 rings (SSSR count). The van der Waals surface area contributed by atoms with E-state index < -0.39 is 0 Å². The van der Waals surface area contributed by atoms with Gasteiger partial charge in [-0.05, 0) is 31.5 Å². The smallest absolute Gasteiger partial charge is 0.231 e. The lowest BCUT2D eigenvalue weighted by atomic mass is 10.1. The molecule has 16 heavy (non-hydrogen) atoms. The molecule has 3 N–H and O–H groups in total. The predicted molar refractivity (Wildman–Crippen MR) is 62.6 cm³/mol. The average Bonchev–Trinajstić information content (AvgIpc) is 2.75. The van der Waals surface area contributed by atoms with Gasteiger partial charge in [0.05, 0.1) is 0 Å². The van der Waals surface area contributed by atoms with E-state index in [2.05, 4.69) is 25.2 Å². The molecule has 1 aliphatic heterocycles. The summed E-state index contributed by atoms with van der Waals surface area (Å²) in [5.41, 5.74) is 6.77. The van der Waals surface area contributed by atoms with Crippen molar-refractivity contribution in [2.24, 2.45) is 5.73 Å². The fourth-order valence-corrected chi connectivity index (χ4v) is 1.77. The minimum atomic E-state index is 0.257. The highest BCUT2D eigenvalue weighted by Crippen LogP contribution is 2.34. The number of benzene rings is 1. The van der Waals surface area contributed by atoms with E-state index in [0.29, 0.717) is 19.4 Å². The molecule has 0 saturated heterocycles. The lowest BCUT2D eigenvalue weighted by Crippen LogP contribution is -2.34. The SMILES string of the molecule is CC(CN)NC(C)c1ccc2c(c1)OCO2. The van der Waals surface area contributed by atoms with Crippen LogP contribution in [0.1, 0.15) is 25.5 Å². The summed E-state index contributed by atoms with van der Waals surface area (Å²) in [4.78, 5) is 0. The van der Waals surface area contributed by atoms with Gasteiger partial charge < -0.3 is 20.5 Å². The van der Waals surface area contributed by atoms with Gasteiger partial charge in [0.1, 0.15) is 0 Å². The van der Waals surface area contributed by atoms with E-state index in [-0.39, 0.29) is 6.04 Å². The summed E-state index contributed by atoms with van der Waals surface area (Å²) in [6, 6.07) is 6.58. The molecule has 0 fully saturated rings. The standard InChI is InChI=1S/C12H18N2O2/c1-8(6-13)14-9(2)10-3-4-11-12(5-10)16-7-15-11/h3-5,8-9,14H,6-7,13H2,1-2H3. The van der Waals surface area contributed by atoms with Crippen LogP contribution in [0.2, 0.25) is 0 Å². The Morgan fingerprint density at radius 3 is 2.81 bits per heavy atom. The zero-order chi connectivity index (χ0) is 11.5. The molecule has 4 heteroatoms. The topological polar surface area (TPSA) is 56.5 Å². The van der Waals surface area contributed by atoms with Crippen LogP contribution in [-0.4, -0.2) is 19.4 Å². The van der Waals surface area contributed by atoms with Crippen LogP contribution < -0.4 is 20.5 Å². The quantitative estimate of drug-likeness (QED) is 0.808. The van der Waals surface area contributed by atoms with E-state index in [1.165, 1.54) is 5.56 Å². The second-order valence-electron chi connectivity index (χ2n) is 4.14. The number of nitrogens with two attached hydrogens (primary N) is 1. The molecular formula is C12H18N2O2. The minimum absolute atomic E-state index is 0.257. The van der Waals surface area contributed by atoms with Crippen LogP contribution in [0.5, 0.6) is 11.5 Å². The van der Waals surface area contributed by atoms with Crippen molar-refractivity contribution < 1.29 is 9.47 Å². The molecule has 0 saturated carbocycles. The van der Waals surface area contributed by atoms with E-state index in [9.17, 15) is 0 Å². The molecular weight excluding hydrogens is 204 g/mol. The summed E-state index contributed by atoms with van der Waals surface area (Å²) >= 11 is 0. The number of hydrogen-bond donors (Lipinski definition) is 2. The monoisotopic (exact) mass is 222 g/mol. The molecule has 1 aliphatic rings. The highest BCUT2D eigenvalue weighted by Gasteiger charge is 2.16. The fraction of sp³-hybridized carbons (Fsp3) is 0.500. The Labute approximate surface area is 95.7 Å². The molecule has 88 valence electrons. The first kappa shape index (κ1) is 11.2. The van der Waals surface area contributed by atoms with Crippen molar-refractivity contribution in [1.82, 2.24) is 5.32 Å². The van der Waals surface area contributed by atoms with Crippen molar-refractivity contribution in [3.8, 4) is 11.5 Å². The predicted octanol–water partition coefficient (Wildman–Crippen LogP) is 1.41. The third-order valence-electron chi connectivity index (χ3n) is 2.78. The van der Waals surface area contributed by atoms with Gasteiger partial charge in [0, 0.05) is 18.6 Å². The van der Waals surface area contributed by atoms with Gasteiger partial charge in [-0.3, -0.25) is 0 Å². The molecule has 0 amide bonds. The van der Waals surface area contributed by atoms with Crippen molar-refractivity contribution in [3.05, 3.63) is 23.8 Å². The van der Waals surface area contributed by atoms with Crippen molar-refractivity contribution in [2.45, 2.75) is 25.9 Å². The summed E-state index contributed by atoms with van der Waals surface area (Å²) in [7, 11) is 0. The zero-order valence-electron chi connectivity index (χ0n) is 9.69. The van der Waals surface area contributed by atoms with E-state index >= 15 is 0 Å². The summed E-state index contributed by atoms with van der Waals surface area (Å²) in [5, 5.41) is 3.42. The maximum atomic E-state index is 5.58. The van der Waals surface area contributed by atoms with E-state index in [4.69, 9.17) is 15.2 Å². The lowest BCUT2D eigenvalue weighted by Gasteiger charge is -2.19. The molecule has 2 atom stereocenters. The first-order valence-electron chi connectivity index (χ1n) is 5.56. The fourth-order valence-electron chi connectivity index (χ4n) is 1.77. The first-order chi connectivity index (χ1) is 7.70. The summed E-state index contributed by atoms with van der Waals surface area (Å²) < 4.78 is 10.6. The van der Waals surface area contributed by atoms with Gasteiger partial charge >= 0.3 is 0 Å². The Hall–Kier alpha value is -1.26. The second kappa shape index (κ2) is 4.72. The summed E-state index contributed by atoms with van der Waals surface area (Å²) in [5.74, 6) is 1.65. The Morgan fingerprint density at radius 1 is 1.31 bits per heavy atom. The van der Waals surface area contributed by atoms with Crippen molar-refractivity contribution >= 4 is 0 Å². The zero-order valence-corrected chi connectivity index (χ0v) is 9.69. The van der Waals surface area contributed by atoms with Crippen LogP contribution in [0.3, 0.4) is 0 Å². The number of hydrogen-bond acceptors (Lipinski definition) is 4. The van der Waals surface area contributed by atoms with Gasteiger partial charge in [-0.25, -0.2) is 0 Å². The van der Waals surface area contributed by atoms with Gasteiger partial charge in [-0.1, -0.05) is 6.07 Å². The van der Waals surface area contributed by atoms with Crippen LogP contribution in [0.15, 0.2) is 18.2 Å². The van der Waals surface area contributed by atoms with Crippen LogP contribution in [-0.2, 0) is 0 Å². The maximum absolute atomic E-state index is 5.58. The third-order valence-corrected chi connectivity index (χ3v) is 2.78. The van der Waals surface area contributed by atoms with Crippen LogP contribution in [0, 0.1) is 0 Å². The summed E-state index contributed by atoms with van der Waals surface area (Å²) in [6.07, 6.45) is 0. The second-order valence-corrected chi connectivity index (χ2v) is 4.14. The third kappa shape index (κ3) is 2.28. The molecule has 0 radical (unpaired) electrons. The van der Waals surface area contributed by atoms with Crippen molar-refractivity contribution in [3.63, 3.8) is 0 Å². The Bertz CT molecular complexity index is 368. The van der Waals surface area contributed by atoms with Gasteiger partial charge in [0.2, 0.25) is 6.79 Å². The summed E-state index contributed by atoms with van der Waals surface area (Å²) in [6.45, 7) is 5.14. The minimum Gasteiger partial charge on any atom is -0.454 e.